The second kappa shape index (κ2) is 5.61. The number of nitrogens with one attached hydrogen (secondary N) is 1. The molecule has 0 saturated carbocycles. The van der Waals surface area contributed by atoms with Gasteiger partial charge in [0.1, 0.15) is 5.75 Å². The van der Waals surface area contributed by atoms with Gasteiger partial charge < -0.3 is 15.2 Å². The van der Waals surface area contributed by atoms with Crippen LogP contribution in [0.5, 0.6) is 5.75 Å². The Morgan fingerprint density at radius 2 is 1.95 bits per heavy atom. The summed E-state index contributed by atoms with van der Waals surface area (Å²) in [5.41, 5.74) is -1.25. The number of benzene rings is 1. The highest BCUT2D eigenvalue weighted by Crippen LogP contribution is 2.37. The Morgan fingerprint density at radius 3 is 2.50 bits per heavy atom. The van der Waals surface area contributed by atoms with Crippen LogP contribution in [0.4, 0.5) is 13.2 Å². The van der Waals surface area contributed by atoms with E-state index >= 15 is 0 Å². The number of methoxy groups -OCH3 is 1. The van der Waals surface area contributed by atoms with Crippen LogP contribution in [-0.4, -0.2) is 30.9 Å². The molecule has 0 atom stereocenters. The first-order valence-corrected chi connectivity index (χ1v) is 6.51. The molecule has 20 heavy (non-hydrogen) atoms. The molecule has 1 heterocycles. The van der Waals surface area contributed by atoms with Gasteiger partial charge in [-0.3, -0.25) is 0 Å². The molecule has 1 aliphatic heterocycles. The molecular formula is C14H18F3NO2. The Morgan fingerprint density at radius 1 is 1.30 bits per heavy atom. The van der Waals surface area contributed by atoms with E-state index in [0.29, 0.717) is 31.5 Å². The number of rotatable bonds is 3. The summed E-state index contributed by atoms with van der Waals surface area (Å²) in [7, 11) is 1.21. The van der Waals surface area contributed by atoms with Crippen molar-refractivity contribution in [1.82, 2.24) is 5.32 Å². The van der Waals surface area contributed by atoms with Gasteiger partial charge in [0, 0.05) is 6.42 Å². The fraction of sp³-hybridized carbons (Fsp3) is 0.571. The van der Waals surface area contributed by atoms with Crippen LogP contribution in [0, 0.1) is 0 Å². The summed E-state index contributed by atoms with van der Waals surface area (Å²) in [5, 5.41) is 13.5. The molecule has 1 fully saturated rings. The van der Waals surface area contributed by atoms with Crippen LogP contribution in [-0.2, 0) is 12.6 Å². The fourth-order valence-corrected chi connectivity index (χ4v) is 2.54. The van der Waals surface area contributed by atoms with Crippen molar-refractivity contribution in [1.29, 1.82) is 0 Å². The summed E-state index contributed by atoms with van der Waals surface area (Å²) in [6, 6.07) is 3.95. The minimum absolute atomic E-state index is 0.196. The van der Waals surface area contributed by atoms with E-state index in [0.717, 1.165) is 6.07 Å². The summed E-state index contributed by atoms with van der Waals surface area (Å²) < 4.78 is 43.6. The monoisotopic (exact) mass is 289 g/mol. The molecule has 0 unspecified atom stereocenters. The summed E-state index contributed by atoms with van der Waals surface area (Å²) in [4.78, 5) is 0. The smallest absolute Gasteiger partial charge is 0.419 e. The molecule has 1 aromatic carbocycles. The highest BCUT2D eigenvalue weighted by atomic mass is 19.4. The van der Waals surface area contributed by atoms with Gasteiger partial charge in [-0.2, -0.15) is 13.2 Å². The molecule has 0 aliphatic carbocycles. The third-order valence-corrected chi connectivity index (χ3v) is 3.64. The lowest BCUT2D eigenvalue weighted by Gasteiger charge is -2.32. The van der Waals surface area contributed by atoms with Crippen molar-refractivity contribution in [2.75, 3.05) is 20.2 Å². The van der Waals surface area contributed by atoms with E-state index in [-0.39, 0.29) is 12.2 Å². The number of hydrogen-bond acceptors (Lipinski definition) is 3. The van der Waals surface area contributed by atoms with E-state index in [1.165, 1.54) is 13.2 Å². The first-order valence-electron chi connectivity index (χ1n) is 6.51. The zero-order chi connectivity index (χ0) is 14.8. The first kappa shape index (κ1) is 15.1. The van der Waals surface area contributed by atoms with Gasteiger partial charge in [-0.1, -0.05) is 6.07 Å². The van der Waals surface area contributed by atoms with Crippen LogP contribution < -0.4 is 10.1 Å². The van der Waals surface area contributed by atoms with Gasteiger partial charge in [0.25, 0.3) is 0 Å². The fourth-order valence-electron chi connectivity index (χ4n) is 2.54. The Bertz CT molecular complexity index is 468. The molecule has 1 saturated heterocycles. The van der Waals surface area contributed by atoms with E-state index in [1.54, 1.807) is 6.07 Å². The van der Waals surface area contributed by atoms with Crippen LogP contribution >= 0.6 is 0 Å². The molecule has 3 nitrogen and oxygen atoms in total. The minimum atomic E-state index is -4.46. The van der Waals surface area contributed by atoms with Crippen LogP contribution in [0.15, 0.2) is 18.2 Å². The van der Waals surface area contributed by atoms with Crippen molar-refractivity contribution in [3.8, 4) is 5.75 Å². The molecule has 0 amide bonds. The van der Waals surface area contributed by atoms with Gasteiger partial charge in [-0.05, 0) is 43.6 Å². The topological polar surface area (TPSA) is 41.5 Å². The van der Waals surface area contributed by atoms with Crippen molar-refractivity contribution in [2.45, 2.75) is 31.0 Å². The normalized spacial score (nSPS) is 18.9. The third-order valence-electron chi connectivity index (χ3n) is 3.64. The predicted octanol–water partition coefficient (Wildman–Crippen LogP) is 2.37. The number of aliphatic hydroxyl groups is 1. The second-order valence-corrected chi connectivity index (χ2v) is 5.18. The Hall–Kier alpha value is -1.27. The first-order chi connectivity index (χ1) is 9.34. The lowest BCUT2D eigenvalue weighted by molar-refractivity contribution is -0.138. The number of hydrogen-bond donors (Lipinski definition) is 2. The molecule has 2 rings (SSSR count). The molecule has 0 radical (unpaired) electrons. The Balaban J connectivity index is 2.25. The molecule has 0 aromatic heterocycles. The average molecular weight is 289 g/mol. The molecule has 0 spiro atoms. The van der Waals surface area contributed by atoms with Crippen LogP contribution in [0.2, 0.25) is 0 Å². The summed E-state index contributed by atoms with van der Waals surface area (Å²) in [5.74, 6) is -0.196. The molecule has 1 aromatic rings. The zero-order valence-electron chi connectivity index (χ0n) is 11.3. The van der Waals surface area contributed by atoms with Crippen molar-refractivity contribution in [3.63, 3.8) is 0 Å². The van der Waals surface area contributed by atoms with E-state index in [1.807, 2.05) is 0 Å². The van der Waals surface area contributed by atoms with E-state index in [9.17, 15) is 18.3 Å². The Labute approximate surface area is 115 Å². The quantitative estimate of drug-likeness (QED) is 0.897. The number of piperidine rings is 1. The second-order valence-electron chi connectivity index (χ2n) is 5.18. The van der Waals surface area contributed by atoms with Crippen LogP contribution in [0.25, 0.3) is 0 Å². The minimum Gasteiger partial charge on any atom is -0.496 e. The van der Waals surface area contributed by atoms with Crippen molar-refractivity contribution < 1.29 is 23.0 Å². The van der Waals surface area contributed by atoms with Gasteiger partial charge in [0.2, 0.25) is 0 Å². The standard InChI is InChI=1S/C14H18F3NO2/c1-20-12-3-2-10(8-11(12)14(15,16)17)9-13(19)4-6-18-7-5-13/h2-3,8,18-19H,4-7,9H2,1H3. The molecule has 112 valence electrons. The summed E-state index contributed by atoms with van der Waals surface area (Å²) in [6.07, 6.45) is -3.15. The maximum absolute atomic E-state index is 12.9. The Kier molecular flexibility index (Phi) is 4.25. The lowest BCUT2D eigenvalue weighted by atomic mass is 9.85. The van der Waals surface area contributed by atoms with Gasteiger partial charge in [-0.25, -0.2) is 0 Å². The van der Waals surface area contributed by atoms with Crippen molar-refractivity contribution in [2.24, 2.45) is 0 Å². The van der Waals surface area contributed by atoms with E-state index < -0.39 is 17.3 Å². The van der Waals surface area contributed by atoms with E-state index in [4.69, 9.17) is 4.74 Å². The number of ether oxygens (including phenoxy) is 1. The maximum atomic E-state index is 12.9. The predicted molar refractivity (Wildman–Crippen MR) is 68.8 cm³/mol. The van der Waals surface area contributed by atoms with Crippen LogP contribution in [0.1, 0.15) is 24.0 Å². The van der Waals surface area contributed by atoms with Gasteiger partial charge in [0.05, 0.1) is 18.3 Å². The highest BCUT2D eigenvalue weighted by molar-refractivity contribution is 5.39. The molecular weight excluding hydrogens is 271 g/mol. The summed E-state index contributed by atoms with van der Waals surface area (Å²) >= 11 is 0. The zero-order valence-corrected chi connectivity index (χ0v) is 11.3. The van der Waals surface area contributed by atoms with Gasteiger partial charge >= 0.3 is 6.18 Å². The number of halogens is 3. The molecule has 1 aliphatic rings. The lowest BCUT2D eigenvalue weighted by Crippen LogP contribution is -2.43. The van der Waals surface area contributed by atoms with Crippen molar-refractivity contribution in [3.05, 3.63) is 29.3 Å². The maximum Gasteiger partial charge on any atom is 0.419 e. The van der Waals surface area contributed by atoms with E-state index in [2.05, 4.69) is 5.32 Å². The largest absolute Gasteiger partial charge is 0.496 e. The average Bonchev–Trinajstić information content (AvgIpc) is 2.38. The molecule has 0 bridgehead atoms. The van der Waals surface area contributed by atoms with Crippen molar-refractivity contribution >= 4 is 0 Å². The summed E-state index contributed by atoms with van der Waals surface area (Å²) in [6.45, 7) is 1.36. The third kappa shape index (κ3) is 3.43. The van der Waals surface area contributed by atoms with Crippen LogP contribution in [0.3, 0.4) is 0 Å². The highest BCUT2D eigenvalue weighted by Gasteiger charge is 2.35. The SMILES string of the molecule is COc1ccc(CC2(O)CCNCC2)cc1C(F)(F)F. The molecule has 6 heteroatoms. The van der Waals surface area contributed by atoms with Gasteiger partial charge in [-0.15, -0.1) is 0 Å². The number of alkyl halides is 3. The molecule has 2 N–H and O–H groups in total. The van der Waals surface area contributed by atoms with Gasteiger partial charge in [0.15, 0.2) is 0 Å².